The molecule has 1 aliphatic rings. The van der Waals surface area contributed by atoms with Gasteiger partial charge in [-0.1, -0.05) is 6.92 Å². The summed E-state index contributed by atoms with van der Waals surface area (Å²) in [7, 11) is 2.02. The summed E-state index contributed by atoms with van der Waals surface area (Å²) in [5.74, 6) is -0.913. The molecule has 19 heavy (non-hydrogen) atoms. The molecule has 0 saturated carbocycles. The van der Waals surface area contributed by atoms with E-state index in [9.17, 15) is 9.59 Å². The summed E-state index contributed by atoms with van der Waals surface area (Å²) < 4.78 is 0. The van der Waals surface area contributed by atoms with Crippen LogP contribution in [0, 0.1) is 0 Å². The van der Waals surface area contributed by atoms with Crippen molar-refractivity contribution in [2.45, 2.75) is 45.2 Å². The summed E-state index contributed by atoms with van der Waals surface area (Å²) in [5, 5.41) is 11.8. The highest BCUT2D eigenvalue weighted by Gasteiger charge is 2.33. The van der Waals surface area contributed by atoms with E-state index in [-0.39, 0.29) is 6.03 Å². The SMILES string of the molecule is CCC(C)N(C)CCNC(=O)N1CCC[C@H]1C(=O)O. The number of hydrogen-bond acceptors (Lipinski definition) is 3. The fourth-order valence-corrected chi connectivity index (χ4v) is 2.24. The Hall–Kier alpha value is -1.30. The largest absolute Gasteiger partial charge is 0.480 e. The third-order valence-corrected chi connectivity index (χ3v) is 3.88. The third kappa shape index (κ3) is 4.38. The summed E-state index contributed by atoms with van der Waals surface area (Å²) in [6, 6.07) is -0.440. The zero-order valence-electron chi connectivity index (χ0n) is 12.1. The van der Waals surface area contributed by atoms with Crippen LogP contribution in [0.5, 0.6) is 0 Å². The molecule has 0 radical (unpaired) electrons. The molecule has 6 nitrogen and oxygen atoms in total. The van der Waals surface area contributed by atoms with Gasteiger partial charge < -0.3 is 20.2 Å². The summed E-state index contributed by atoms with van der Waals surface area (Å²) in [5.41, 5.74) is 0. The topological polar surface area (TPSA) is 72.9 Å². The standard InChI is InChI=1S/C13H25N3O3/c1-4-10(2)15(3)9-7-14-13(19)16-8-5-6-11(16)12(17)18/h10-11H,4-9H2,1-3H3,(H,14,19)(H,17,18)/t10?,11-/m0/s1. The Morgan fingerprint density at radius 1 is 1.53 bits per heavy atom. The van der Waals surface area contributed by atoms with Crippen LogP contribution in [0.1, 0.15) is 33.1 Å². The molecular formula is C13H25N3O3. The first kappa shape index (κ1) is 15.8. The van der Waals surface area contributed by atoms with Crippen LogP contribution >= 0.6 is 0 Å². The van der Waals surface area contributed by atoms with Crippen molar-refractivity contribution in [2.24, 2.45) is 0 Å². The van der Waals surface area contributed by atoms with Gasteiger partial charge in [-0.2, -0.15) is 0 Å². The average Bonchev–Trinajstić information content (AvgIpc) is 2.86. The molecule has 2 atom stereocenters. The molecule has 2 amide bonds. The van der Waals surface area contributed by atoms with Gasteiger partial charge in [-0.05, 0) is 33.2 Å². The van der Waals surface area contributed by atoms with Crippen molar-refractivity contribution in [3.63, 3.8) is 0 Å². The van der Waals surface area contributed by atoms with E-state index in [0.717, 1.165) is 19.4 Å². The molecule has 0 spiro atoms. The van der Waals surface area contributed by atoms with Crippen molar-refractivity contribution in [3.8, 4) is 0 Å². The number of carbonyl (C=O) groups is 2. The predicted molar refractivity (Wildman–Crippen MR) is 73.1 cm³/mol. The number of hydrogen-bond donors (Lipinski definition) is 2. The number of nitrogens with zero attached hydrogens (tertiary/aromatic N) is 2. The van der Waals surface area contributed by atoms with Gasteiger partial charge in [0.1, 0.15) is 6.04 Å². The van der Waals surface area contributed by atoms with E-state index in [1.54, 1.807) is 0 Å². The maximum atomic E-state index is 11.9. The smallest absolute Gasteiger partial charge is 0.326 e. The van der Waals surface area contributed by atoms with E-state index >= 15 is 0 Å². The quantitative estimate of drug-likeness (QED) is 0.755. The van der Waals surface area contributed by atoms with E-state index < -0.39 is 12.0 Å². The molecule has 0 aromatic carbocycles. The number of likely N-dealkylation sites (tertiary alicyclic amines) is 1. The second-order valence-electron chi connectivity index (χ2n) is 5.16. The van der Waals surface area contributed by atoms with Crippen molar-refractivity contribution in [1.29, 1.82) is 0 Å². The lowest BCUT2D eigenvalue weighted by Crippen LogP contribution is -2.47. The van der Waals surface area contributed by atoms with Crippen LogP contribution in [0.25, 0.3) is 0 Å². The van der Waals surface area contributed by atoms with E-state index in [1.165, 1.54) is 4.90 Å². The second-order valence-corrected chi connectivity index (χ2v) is 5.16. The number of nitrogens with one attached hydrogen (secondary N) is 1. The Bertz CT molecular complexity index is 322. The number of amides is 2. The van der Waals surface area contributed by atoms with Crippen LogP contribution in [0.3, 0.4) is 0 Å². The van der Waals surface area contributed by atoms with Gasteiger partial charge in [-0.15, -0.1) is 0 Å². The van der Waals surface area contributed by atoms with E-state index in [0.29, 0.717) is 25.6 Å². The molecule has 0 bridgehead atoms. The van der Waals surface area contributed by atoms with Crippen LogP contribution in [0.15, 0.2) is 0 Å². The molecule has 0 aliphatic carbocycles. The van der Waals surface area contributed by atoms with Gasteiger partial charge >= 0.3 is 12.0 Å². The van der Waals surface area contributed by atoms with E-state index in [1.807, 2.05) is 7.05 Å². The summed E-state index contributed by atoms with van der Waals surface area (Å²) in [4.78, 5) is 26.5. The maximum absolute atomic E-state index is 11.9. The Balaban J connectivity index is 2.33. The van der Waals surface area contributed by atoms with Crippen molar-refractivity contribution >= 4 is 12.0 Å². The highest BCUT2D eigenvalue weighted by Crippen LogP contribution is 2.17. The Labute approximate surface area is 114 Å². The second kappa shape index (κ2) is 7.33. The van der Waals surface area contributed by atoms with Gasteiger partial charge in [0.15, 0.2) is 0 Å². The first-order chi connectivity index (χ1) is 8.97. The molecule has 2 N–H and O–H groups in total. The molecular weight excluding hydrogens is 246 g/mol. The third-order valence-electron chi connectivity index (χ3n) is 3.88. The highest BCUT2D eigenvalue weighted by molar-refractivity contribution is 5.83. The predicted octanol–water partition coefficient (Wildman–Crippen LogP) is 0.975. The van der Waals surface area contributed by atoms with E-state index in [2.05, 4.69) is 24.1 Å². The van der Waals surface area contributed by atoms with Gasteiger partial charge in [-0.25, -0.2) is 9.59 Å². The monoisotopic (exact) mass is 271 g/mol. The molecule has 1 rings (SSSR count). The number of urea groups is 1. The van der Waals surface area contributed by atoms with Crippen LogP contribution < -0.4 is 5.32 Å². The van der Waals surface area contributed by atoms with Gasteiger partial charge in [0.25, 0.3) is 0 Å². The zero-order chi connectivity index (χ0) is 14.4. The molecule has 1 fully saturated rings. The molecule has 1 unspecified atom stereocenters. The van der Waals surface area contributed by atoms with Crippen LogP contribution in [0.2, 0.25) is 0 Å². The van der Waals surface area contributed by atoms with Gasteiger partial charge in [0.2, 0.25) is 0 Å². The van der Waals surface area contributed by atoms with Crippen molar-refractivity contribution < 1.29 is 14.7 Å². The fourth-order valence-electron chi connectivity index (χ4n) is 2.24. The molecule has 6 heteroatoms. The molecule has 0 aromatic rings. The van der Waals surface area contributed by atoms with Gasteiger partial charge in [0, 0.05) is 25.7 Å². The number of carboxylic acids is 1. The van der Waals surface area contributed by atoms with Crippen molar-refractivity contribution in [3.05, 3.63) is 0 Å². The average molecular weight is 271 g/mol. The maximum Gasteiger partial charge on any atom is 0.326 e. The molecule has 110 valence electrons. The lowest BCUT2D eigenvalue weighted by molar-refractivity contribution is -0.141. The number of rotatable bonds is 6. The lowest BCUT2D eigenvalue weighted by Gasteiger charge is -2.25. The summed E-state index contributed by atoms with van der Waals surface area (Å²) in [6.45, 7) is 6.11. The molecule has 1 aliphatic heterocycles. The number of likely N-dealkylation sites (N-methyl/N-ethyl adjacent to an activating group) is 1. The summed E-state index contributed by atoms with van der Waals surface area (Å²) in [6.07, 6.45) is 2.38. The first-order valence-electron chi connectivity index (χ1n) is 6.94. The Kier molecular flexibility index (Phi) is 6.08. The number of carboxylic acid groups (broad SMARTS) is 1. The first-order valence-corrected chi connectivity index (χ1v) is 6.94. The van der Waals surface area contributed by atoms with Crippen molar-refractivity contribution in [2.75, 3.05) is 26.7 Å². The number of aliphatic carboxylic acids is 1. The minimum Gasteiger partial charge on any atom is -0.480 e. The van der Waals surface area contributed by atoms with Gasteiger partial charge in [-0.3, -0.25) is 0 Å². The normalized spacial score (nSPS) is 20.6. The minimum atomic E-state index is -0.913. The van der Waals surface area contributed by atoms with Crippen LogP contribution in [0.4, 0.5) is 4.79 Å². The highest BCUT2D eigenvalue weighted by atomic mass is 16.4. The van der Waals surface area contributed by atoms with Crippen molar-refractivity contribution in [1.82, 2.24) is 15.1 Å². The fraction of sp³-hybridized carbons (Fsp3) is 0.846. The minimum absolute atomic E-state index is 0.262. The number of carbonyl (C=O) groups excluding carboxylic acids is 1. The Morgan fingerprint density at radius 2 is 2.21 bits per heavy atom. The lowest BCUT2D eigenvalue weighted by atomic mass is 10.2. The molecule has 1 saturated heterocycles. The zero-order valence-corrected chi connectivity index (χ0v) is 12.1. The summed E-state index contributed by atoms with van der Waals surface area (Å²) >= 11 is 0. The molecule has 1 heterocycles. The molecule has 0 aromatic heterocycles. The van der Waals surface area contributed by atoms with Gasteiger partial charge in [0.05, 0.1) is 0 Å². The van der Waals surface area contributed by atoms with Crippen LogP contribution in [-0.2, 0) is 4.79 Å². The van der Waals surface area contributed by atoms with Crippen LogP contribution in [-0.4, -0.2) is 65.7 Å². The Morgan fingerprint density at radius 3 is 2.79 bits per heavy atom. The van der Waals surface area contributed by atoms with E-state index in [4.69, 9.17) is 5.11 Å².